The quantitative estimate of drug-likeness (QED) is 0.781. The Hall–Kier alpha value is -0.240. The highest BCUT2D eigenvalue weighted by atomic mass is 35.5. The summed E-state index contributed by atoms with van der Waals surface area (Å²) in [7, 11) is 0. The molecule has 110 valence electrons. The molecule has 0 aromatic carbocycles. The van der Waals surface area contributed by atoms with Crippen molar-refractivity contribution in [2.75, 3.05) is 5.88 Å². The SMILES string of the molecule is CC1CCC(CCl)(NC(=O)C2C(C)(C)C2(C)C)CC1. The summed E-state index contributed by atoms with van der Waals surface area (Å²) in [6.07, 6.45) is 4.39. The van der Waals surface area contributed by atoms with Crippen molar-refractivity contribution in [3.63, 3.8) is 0 Å². The van der Waals surface area contributed by atoms with E-state index >= 15 is 0 Å². The fourth-order valence-corrected chi connectivity index (χ4v) is 4.13. The van der Waals surface area contributed by atoms with Crippen molar-refractivity contribution in [3.05, 3.63) is 0 Å². The van der Waals surface area contributed by atoms with Crippen molar-refractivity contribution in [2.45, 2.75) is 65.8 Å². The van der Waals surface area contributed by atoms with E-state index in [1.54, 1.807) is 0 Å². The second-order valence-corrected chi connectivity index (χ2v) is 8.23. The molecule has 2 aliphatic carbocycles. The highest BCUT2D eigenvalue weighted by molar-refractivity contribution is 6.18. The molecule has 2 aliphatic rings. The Morgan fingerprint density at radius 2 is 1.63 bits per heavy atom. The number of hydrogen-bond acceptors (Lipinski definition) is 1. The summed E-state index contributed by atoms with van der Waals surface area (Å²) < 4.78 is 0. The minimum Gasteiger partial charge on any atom is -0.349 e. The molecule has 3 heteroatoms. The third-order valence-corrected chi connectivity index (χ3v) is 6.67. The van der Waals surface area contributed by atoms with E-state index in [0.717, 1.165) is 18.8 Å². The molecule has 2 saturated carbocycles. The summed E-state index contributed by atoms with van der Waals surface area (Å²) in [5.74, 6) is 1.64. The van der Waals surface area contributed by atoms with Gasteiger partial charge in [-0.1, -0.05) is 34.6 Å². The smallest absolute Gasteiger partial charge is 0.224 e. The van der Waals surface area contributed by atoms with Crippen molar-refractivity contribution in [3.8, 4) is 0 Å². The molecule has 0 heterocycles. The zero-order chi connectivity index (χ0) is 14.5. The van der Waals surface area contributed by atoms with Gasteiger partial charge in [-0.15, -0.1) is 11.6 Å². The molecule has 0 aromatic rings. The number of carbonyl (C=O) groups is 1. The Morgan fingerprint density at radius 3 is 2.00 bits per heavy atom. The monoisotopic (exact) mass is 285 g/mol. The van der Waals surface area contributed by atoms with Gasteiger partial charge in [-0.05, 0) is 42.4 Å². The Kier molecular flexibility index (Phi) is 3.71. The van der Waals surface area contributed by atoms with Gasteiger partial charge in [0.25, 0.3) is 0 Å². The predicted octanol–water partition coefficient (Wildman–Crippen LogP) is 3.97. The Bertz CT molecular complexity index is 353. The van der Waals surface area contributed by atoms with Gasteiger partial charge in [0.2, 0.25) is 5.91 Å². The van der Waals surface area contributed by atoms with E-state index in [4.69, 9.17) is 11.6 Å². The summed E-state index contributed by atoms with van der Waals surface area (Å²) >= 11 is 6.18. The molecule has 0 radical (unpaired) electrons. The summed E-state index contributed by atoms with van der Waals surface area (Å²) in [6.45, 7) is 11.0. The van der Waals surface area contributed by atoms with Crippen LogP contribution < -0.4 is 5.32 Å². The third kappa shape index (κ3) is 2.41. The summed E-state index contributed by atoms with van der Waals surface area (Å²) in [5, 5.41) is 3.30. The highest BCUT2D eigenvalue weighted by Gasteiger charge is 2.68. The molecule has 0 aromatic heterocycles. The molecule has 0 spiro atoms. The van der Waals surface area contributed by atoms with E-state index in [1.807, 2.05) is 0 Å². The molecule has 19 heavy (non-hydrogen) atoms. The number of carbonyl (C=O) groups excluding carboxylic acids is 1. The second-order valence-electron chi connectivity index (χ2n) is 7.96. The number of amides is 1. The molecule has 2 nitrogen and oxygen atoms in total. The molecular formula is C16H28ClNO. The zero-order valence-electron chi connectivity index (χ0n) is 13.0. The first-order chi connectivity index (χ1) is 8.66. The van der Waals surface area contributed by atoms with Crippen molar-refractivity contribution in [1.82, 2.24) is 5.32 Å². The molecule has 1 amide bonds. The van der Waals surface area contributed by atoms with Crippen LogP contribution in [-0.2, 0) is 4.79 Å². The lowest BCUT2D eigenvalue weighted by Crippen LogP contribution is -2.53. The maximum absolute atomic E-state index is 12.6. The average Bonchev–Trinajstić information content (AvgIpc) is 2.73. The maximum atomic E-state index is 12.6. The van der Waals surface area contributed by atoms with Gasteiger partial charge in [0.05, 0.1) is 5.54 Å². The molecular weight excluding hydrogens is 258 g/mol. The van der Waals surface area contributed by atoms with E-state index in [2.05, 4.69) is 39.9 Å². The lowest BCUT2D eigenvalue weighted by Gasteiger charge is -2.39. The number of rotatable bonds is 3. The molecule has 2 rings (SSSR count). The van der Waals surface area contributed by atoms with Crippen LogP contribution in [0.3, 0.4) is 0 Å². The fraction of sp³-hybridized carbons (Fsp3) is 0.938. The van der Waals surface area contributed by atoms with Crippen LogP contribution >= 0.6 is 11.6 Å². The van der Waals surface area contributed by atoms with Crippen LogP contribution in [0.2, 0.25) is 0 Å². The predicted molar refractivity (Wildman–Crippen MR) is 80.3 cm³/mol. The Balaban J connectivity index is 2.02. The highest BCUT2D eigenvalue weighted by Crippen LogP contribution is 2.68. The number of alkyl halides is 1. The molecule has 1 N–H and O–H groups in total. The lowest BCUT2D eigenvalue weighted by molar-refractivity contribution is -0.125. The Morgan fingerprint density at radius 1 is 1.16 bits per heavy atom. The first-order valence-electron chi connectivity index (χ1n) is 7.54. The van der Waals surface area contributed by atoms with E-state index < -0.39 is 0 Å². The minimum absolute atomic E-state index is 0.104. The van der Waals surface area contributed by atoms with Gasteiger partial charge < -0.3 is 5.32 Å². The van der Waals surface area contributed by atoms with Gasteiger partial charge in [0.1, 0.15) is 0 Å². The summed E-state index contributed by atoms with van der Waals surface area (Å²) in [4.78, 5) is 12.6. The number of hydrogen-bond donors (Lipinski definition) is 1. The minimum atomic E-state index is -0.153. The van der Waals surface area contributed by atoms with Gasteiger partial charge >= 0.3 is 0 Å². The first kappa shape index (κ1) is 15.2. The normalized spacial score (nSPS) is 36.8. The number of halogens is 1. The molecule has 0 unspecified atom stereocenters. The van der Waals surface area contributed by atoms with Gasteiger partial charge in [-0.2, -0.15) is 0 Å². The van der Waals surface area contributed by atoms with E-state index in [1.165, 1.54) is 12.8 Å². The van der Waals surface area contributed by atoms with Crippen LogP contribution in [0.5, 0.6) is 0 Å². The molecule has 2 fully saturated rings. The van der Waals surface area contributed by atoms with Gasteiger partial charge in [0, 0.05) is 11.8 Å². The van der Waals surface area contributed by atoms with Gasteiger partial charge in [0.15, 0.2) is 0 Å². The molecule has 0 aliphatic heterocycles. The van der Waals surface area contributed by atoms with E-state index in [9.17, 15) is 4.79 Å². The van der Waals surface area contributed by atoms with Crippen molar-refractivity contribution in [1.29, 1.82) is 0 Å². The van der Waals surface area contributed by atoms with Crippen LogP contribution in [0.1, 0.15) is 60.3 Å². The van der Waals surface area contributed by atoms with Crippen LogP contribution in [-0.4, -0.2) is 17.3 Å². The second kappa shape index (κ2) is 4.65. The first-order valence-corrected chi connectivity index (χ1v) is 8.08. The topological polar surface area (TPSA) is 29.1 Å². The van der Waals surface area contributed by atoms with Crippen LogP contribution in [0.4, 0.5) is 0 Å². The largest absolute Gasteiger partial charge is 0.349 e. The molecule has 0 saturated heterocycles. The molecule has 0 atom stereocenters. The van der Waals surface area contributed by atoms with Crippen molar-refractivity contribution < 1.29 is 4.79 Å². The van der Waals surface area contributed by atoms with E-state index in [0.29, 0.717) is 5.88 Å². The standard InChI is InChI=1S/C16H28ClNO/c1-11-6-8-16(10-17,9-7-11)18-13(19)12-14(2,3)15(12,4)5/h11-12H,6-10H2,1-5H3,(H,18,19). The van der Waals surface area contributed by atoms with Crippen LogP contribution in [0.15, 0.2) is 0 Å². The maximum Gasteiger partial charge on any atom is 0.224 e. The average molecular weight is 286 g/mol. The van der Waals surface area contributed by atoms with Gasteiger partial charge in [-0.3, -0.25) is 4.79 Å². The molecule has 0 bridgehead atoms. The fourth-order valence-electron chi connectivity index (χ4n) is 3.79. The lowest BCUT2D eigenvalue weighted by atomic mass is 9.78. The zero-order valence-corrected chi connectivity index (χ0v) is 13.7. The summed E-state index contributed by atoms with van der Waals surface area (Å²) in [5.41, 5.74) is 0.0546. The Labute approximate surface area is 122 Å². The van der Waals surface area contributed by atoms with Gasteiger partial charge in [-0.25, -0.2) is 0 Å². The number of nitrogens with one attached hydrogen (secondary N) is 1. The third-order valence-electron chi connectivity index (χ3n) is 6.16. The summed E-state index contributed by atoms with van der Waals surface area (Å²) in [6, 6.07) is 0. The van der Waals surface area contributed by atoms with Crippen molar-refractivity contribution >= 4 is 17.5 Å². The van der Waals surface area contributed by atoms with Crippen molar-refractivity contribution in [2.24, 2.45) is 22.7 Å². The van der Waals surface area contributed by atoms with Crippen LogP contribution in [0.25, 0.3) is 0 Å². The van der Waals surface area contributed by atoms with E-state index in [-0.39, 0.29) is 28.2 Å². The van der Waals surface area contributed by atoms with Crippen LogP contribution in [0, 0.1) is 22.7 Å².